The van der Waals surface area contributed by atoms with E-state index in [2.05, 4.69) is 36.1 Å². The Kier molecular flexibility index (Phi) is 4.43. The molecule has 0 amide bonds. The van der Waals surface area contributed by atoms with Crippen molar-refractivity contribution in [1.82, 2.24) is 4.90 Å². The van der Waals surface area contributed by atoms with E-state index < -0.39 is 0 Å². The zero-order chi connectivity index (χ0) is 12.1. The molecule has 0 aromatic heterocycles. The Morgan fingerprint density at radius 1 is 1.29 bits per heavy atom. The second kappa shape index (κ2) is 6.06. The Bertz CT molecular complexity index is 349. The molecular weight excluding hydrogens is 210 g/mol. The molecule has 17 heavy (non-hydrogen) atoms. The van der Waals surface area contributed by atoms with Gasteiger partial charge < -0.3 is 4.74 Å². The summed E-state index contributed by atoms with van der Waals surface area (Å²) in [5, 5.41) is 0. The van der Waals surface area contributed by atoms with Gasteiger partial charge in [0.1, 0.15) is 5.75 Å². The lowest BCUT2D eigenvalue weighted by Gasteiger charge is -2.36. The second-order valence-electron chi connectivity index (χ2n) is 4.79. The molecule has 2 heteroatoms. The third-order valence-corrected chi connectivity index (χ3v) is 3.62. The molecule has 1 aliphatic rings. The third-order valence-electron chi connectivity index (χ3n) is 3.62. The Morgan fingerprint density at radius 3 is 2.88 bits per heavy atom. The van der Waals surface area contributed by atoms with Crippen molar-refractivity contribution in [2.24, 2.45) is 0 Å². The molecule has 2 nitrogen and oxygen atoms in total. The van der Waals surface area contributed by atoms with Crippen molar-refractivity contribution < 1.29 is 4.74 Å². The van der Waals surface area contributed by atoms with Gasteiger partial charge >= 0.3 is 0 Å². The maximum Gasteiger partial charge on any atom is 0.123 e. The minimum absolute atomic E-state index is 0.555. The molecule has 1 saturated heterocycles. The first kappa shape index (κ1) is 12.4. The van der Waals surface area contributed by atoms with E-state index in [1.807, 2.05) is 0 Å². The smallest absolute Gasteiger partial charge is 0.123 e. The topological polar surface area (TPSA) is 12.5 Å². The zero-order valence-electron chi connectivity index (χ0n) is 11.0. The van der Waals surface area contributed by atoms with Crippen molar-refractivity contribution in [3.05, 3.63) is 29.8 Å². The highest BCUT2D eigenvalue weighted by atomic mass is 16.5. The number of rotatable bonds is 4. The summed E-state index contributed by atoms with van der Waals surface area (Å²) in [6, 6.07) is 9.03. The molecule has 0 N–H and O–H groups in total. The number of likely N-dealkylation sites (tertiary alicyclic amines) is 1. The molecule has 1 aliphatic heterocycles. The maximum absolute atomic E-state index is 5.50. The Morgan fingerprint density at radius 2 is 2.12 bits per heavy atom. The predicted molar refractivity (Wildman–Crippen MR) is 71.5 cm³/mol. The molecule has 0 radical (unpaired) electrons. The lowest BCUT2D eigenvalue weighted by atomic mass is 9.94. The van der Waals surface area contributed by atoms with Gasteiger partial charge in [-0.15, -0.1) is 0 Å². The highest BCUT2D eigenvalue weighted by Gasteiger charge is 2.25. The van der Waals surface area contributed by atoms with Crippen LogP contribution in [0.2, 0.25) is 0 Å². The largest absolute Gasteiger partial charge is 0.496 e. The van der Waals surface area contributed by atoms with Gasteiger partial charge in [0.15, 0.2) is 0 Å². The lowest BCUT2D eigenvalue weighted by Crippen LogP contribution is -2.34. The van der Waals surface area contributed by atoms with Crippen LogP contribution in [0.5, 0.6) is 5.75 Å². The molecule has 1 aromatic rings. The number of nitrogens with zero attached hydrogens (tertiary/aromatic N) is 1. The fourth-order valence-corrected chi connectivity index (χ4v) is 2.84. The van der Waals surface area contributed by atoms with Crippen LogP contribution in [0.3, 0.4) is 0 Å². The fourth-order valence-electron chi connectivity index (χ4n) is 2.84. The van der Waals surface area contributed by atoms with Crippen molar-refractivity contribution in [3.63, 3.8) is 0 Å². The predicted octanol–water partition coefficient (Wildman–Crippen LogP) is 3.63. The van der Waals surface area contributed by atoms with Crippen LogP contribution < -0.4 is 4.74 Å². The van der Waals surface area contributed by atoms with Crippen LogP contribution >= 0.6 is 0 Å². The molecule has 1 heterocycles. The molecule has 1 aromatic carbocycles. The highest BCUT2D eigenvalue weighted by Crippen LogP contribution is 2.35. The Labute approximate surface area is 105 Å². The first-order chi connectivity index (χ1) is 8.36. The first-order valence-electron chi connectivity index (χ1n) is 6.73. The Hall–Kier alpha value is -1.02. The zero-order valence-corrected chi connectivity index (χ0v) is 11.0. The molecule has 1 fully saturated rings. The van der Waals surface area contributed by atoms with Crippen LogP contribution in [-0.2, 0) is 0 Å². The summed E-state index contributed by atoms with van der Waals surface area (Å²) in [4.78, 5) is 2.61. The summed E-state index contributed by atoms with van der Waals surface area (Å²) in [6.45, 7) is 4.69. The SMILES string of the molecule is CCCN1CCCC[C@H]1c1ccccc1OC. The molecule has 0 unspecified atom stereocenters. The van der Waals surface area contributed by atoms with Crippen molar-refractivity contribution in [1.29, 1.82) is 0 Å². The molecule has 0 aliphatic carbocycles. The fraction of sp³-hybridized carbons (Fsp3) is 0.600. The van der Waals surface area contributed by atoms with Gasteiger partial charge in [-0.05, 0) is 38.4 Å². The van der Waals surface area contributed by atoms with E-state index in [-0.39, 0.29) is 0 Å². The van der Waals surface area contributed by atoms with Crippen LogP contribution in [0.25, 0.3) is 0 Å². The quantitative estimate of drug-likeness (QED) is 0.787. The summed E-state index contributed by atoms with van der Waals surface area (Å²) in [5.41, 5.74) is 1.36. The first-order valence-corrected chi connectivity index (χ1v) is 6.73. The van der Waals surface area contributed by atoms with Crippen LogP contribution in [-0.4, -0.2) is 25.1 Å². The Balaban J connectivity index is 2.22. The summed E-state index contributed by atoms with van der Waals surface area (Å²) in [5.74, 6) is 1.04. The van der Waals surface area contributed by atoms with Gasteiger partial charge in [0.05, 0.1) is 7.11 Å². The molecule has 0 saturated carbocycles. The van der Waals surface area contributed by atoms with Gasteiger partial charge in [-0.25, -0.2) is 0 Å². The normalized spacial score (nSPS) is 21.4. The van der Waals surface area contributed by atoms with Crippen molar-refractivity contribution in [2.45, 2.75) is 38.6 Å². The third kappa shape index (κ3) is 2.81. The van der Waals surface area contributed by atoms with Gasteiger partial charge in [-0.3, -0.25) is 4.90 Å². The van der Waals surface area contributed by atoms with Crippen molar-refractivity contribution >= 4 is 0 Å². The molecule has 0 bridgehead atoms. The van der Waals surface area contributed by atoms with E-state index in [1.165, 1.54) is 44.3 Å². The van der Waals surface area contributed by atoms with E-state index in [9.17, 15) is 0 Å². The molecule has 94 valence electrons. The number of benzene rings is 1. The second-order valence-corrected chi connectivity index (χ2v) is 4.79. The number of methoxy groups -OCH3 is 1. The summed E-state index contributed by atoms with van der Waals surface area (Å²) in [7, 11) is 1.77. The van der Waals surface area contributed by atoms with E-state index >= 15 is 0 Å². The molecular formula is C15H23NO. The number of hydrogen-bond acceptors (Lipinski definition) is 2. The standard InChI is InChI=1S/C15H23NO/c1-3-11-16-12-7-6-9-14(16)13-8-4-5-10-15(13)17-2/h4-5,8,10,14H,3,6-7,9,11-12H2,1-2H3/t14-/m0/s1. The molecule has 0 spiro atoms. The highest BCUT2D eigenvalue weighted by molar-refractivity contribution is 5.36. The van der Waals surface area contributed by atoms with Crippen LogP contribution in [0.1, 0.15) is 44.2 Å². The van der Waals surface area contributed by atoms with Gasteiger partial charge in [-0.1, -0.05) is 31.5 Å². The van der Waals surface area contributed by atoms with E-state index in [4.69, 9.17) is 4.74 Å². The van der Waals surface area contributed by atoms with Crippen LogP contribution in [0.4, 0.5) is 0 Å². The summed E-state index contributed by atoms with van der Waals surface area (Å²) < 4.78 is 5.50. The van der Waals surface area contributed by atoms with Crippen molar-refractivity contribution in [2.75, 3.05) is 20.2 Å². The number of ether oxygens (including phenoxy) is 1. The minimum Gasteiger partial charge on any atom is -0.496 e. The van der Waals surface area contributed by atoms with Crippen LogP contribution in [0, 0.1) is 0 Å². The van der Waals surface area contributed by atoms with Crippen molar-refractivity contribution in [3.8, 4) is 5.75 Å². The number of piperidine rings is 1. The van der Waals surface area contributed by atoms with Crippen LogP contribution in [0.15, 0.2) is 24.3 Å². The minimum atomic E-state index is 0.555. The average Bonchev–Trinajstić information content (AvgIpc) is 2.40. The monoisotopic (exact) mass is 233 g/mol. The maximum atomic E-state index is 5.50. The summed E-state index contributed by atoms with van der Waals surface area (Å²) >= 11 is 0. The molecule has 2 rings (SSSR count). The van der Waals surface area contributed by atoms with E-state index in [0.717, 1.165) is 5.75 Å². The summed E-state index contributed by atoms with van der Waals surface area (Å²) in [6.07, 6.45) is 5.17. The molecule has 1 atom stereocenters. The van der Waals surface area contributed by atoms with E-state index in [1.54, 1.807) is 7.11 Å². The van der Waals surface area contributed by atoms with Gasteiger partial charge in [0.25, 0.3) is 0 Å². The lowest BCUT2D eigenvalue weighted by molar-refractivity contribution is 0.146. The van der Waals surface area contributed by atoms with Gasteiger partial charge in [-0.2, -0.15) is 0 Å². The van der Waals surface area contributed by atoms with E-state index in [0.29, 0.717) is 6.04 Å². The van der Waals surface area contributed by atoms with Gasteiger partial charge in [0, 0.05) is 11.6 Å². The number of para-hydroxylation sites is 1. The average molecular weight is 233 g/mol. The number of hydrogen-bond donors (Lipinski definition) is 0. The van der Waals surface area contributed by atoms with Gasteiger partial charge in [0.2, 0.25) is 0 Å².